The average molecular weight is 259 g/mol. The van der Waals surface area contributed by atoms with Crippen LogP contribution in [0.3, 0.4) is 0 Å². The van der Waals surface area contributed by atoms with E-state index in [9.17, 15) is 5.26 Å². The predicted molar refractivity (Wildman–Crippen MR) is 75.0 cm³/mol. The molecule has 2 heterocycles. The minimum Gasteiger partial charge on any atom is -0.367 e. The first-order chi connectivity index (χ1) is 9.22. The maximum Gasteiger partial charge on any atom is 0.166 e. The number of aromatic nitrogens is 2. The molecule has 2 rings (SSSR count). The lowest BCUT2D eigenvalue weighted by molar-refractivity contribution is 0.337. The summed E-state index contributed by atoms with van der Waals surface area (Å²) in [7, 11) is 0. The average Bonchev–Trinajstić information content (AvgIpc) is 2.92. The molecule has 19 heavy (non-hydrogen) atoms. The van der Waals surface area contributed by atoms with E-state index in [1.165, 1.54) is 25.9 Å². The first-order valence-electron chi connectivity index (χ1n) is 6.92. The largest absolute Gasteiger partial charge is 0.367 e. The van der Waals surface area contributed by atoms with Gasteiger partial charge in [-0.1, -0.05) is 0 Å². The Morgan fingerprint density at radius 2 is 2.00 bits per heavy atom. The molecule has 0 atom stereocenters. The van der Waals surface area contributed by atoms with Gasteiger partial charge in [0.2, 0.25) is 0 Å². The summed E-state index contributed by atoms with van der Waals surface area (Å²) in [5.74, 6) is 0.618. The van der Waals surface area contributed by atoms with Crippen molar-refractivity contribution < 1.29 is 0 Å². The van der Waals surface area contributed by atoms with Crippen molar-refractivity contribution in [3.63, 3.8) is 0 Å². The lowest BCUT2D eigenvalue weighted by Crippen LogP contribution is -2.22. The monoisotopic (exact) mass is 259 g/mol. The Labute approximate surface area is 114 Å². The molecule has 5 nitrogen and oxygen atoms in total. The molecule has 0 spiro atoms. The van der Waals surface area contributed by atoms with Crippen molar-refractivity contribution >= 4 is 5.82 Å². The molecular weight excluding hydrogens is 238 g/mol. The Morgan fingerprint density at radius 1 is 1.26 bits per heavy atom. The van der Waals surface area contributed by atoms with Gasteiger partial charge < -0.3 is 10.2 Å². The molecule has 0 unspecified atom stereocenters. The van der Waals surface area contributed by atoms with Gasteiger partial charge in [0.1, 0.15) is 11.6 Å². The SMILES string of the molecule is Cc1nnc(NCCCN2CCCC2)c(C#N)c1C. The van der Waals surface area contributed by atoms with Crippen LogP contribution in [0.4, 0.5) is 5.82 Å². The predicted octanol–water partition coefficient (Wildman–Crippen LogP) is 1.86. The van der Waals surface area contributed by atoms with E-state index >= 15 is 0 Å². The molecule has 1 fully saturated rings. The second kappa shape index (κ2) is 6.48. The summed E-state index contributed by atoms with van der Waals surface area (Å²) >= 11 is 0. The normalized spacial score (nSPS) is 15.4. The van der Waals surface area contributed by atoms with E-state index in [2.05, 4.69) is 26.5 Å². The number of hydrogen-bond acceptors (Lipinski definition) is 5. The van der Waals surface area contributed by atoms with E-state index in [1.807, 2.05) is 13.8 Å². The van der Waals surface area contributed by atoms with Gasteiger partial charge in [-0.15, -0.1) is 5.10 Å². The quantitative estimate of drug-likeness (QED) is 0.818. The highest BCUT2D eigenvalue weighted by atomic mass is 15.2. The van der Waals surface area contributed by atoms with Gasteiger partial charge in [-0.25, -0.2) is 0 Å². The summed E-state index contributed by atoms with van der Waals surface area (Å²) in [6, 6.07) is 2.21. The van der Waals surface area contributed by atoms with Crippen LogP contribution < -0.4 is 5.32 Å². The summed E-state index contributed by atoms with van der Waals surface area (Å²) in [6.45, 7) is 8.20. The second-order valence-electron chi connectivity index (χ2n) is 5.07. The molecule has 1 aliphatic heterocycles. The van der Waals surface area contributed by atoms with Crippen molar-refractivity contribution in [3.8, 4) is 6.07 Å². The van der Waals surface area contributed by atoms with Gasteiger partial charge in [-0.2, -0.15) is 10.4 Å². The Morgan fingerprint density at radius 3 is 2.68 bits per heavy atom. The molecule has 5 heteroatoms. The van der Waals surface area contributed by atoms with Crippen LogP contribution in [0.25, 0.3) is 0 Å². The molecule has 1 N–H and O–H groups in total. The van der Waals surface area contributed by atoms with Gasteiger partial charge in [-0.05, 0) is 58.3 Å². The van der Waals surface area contributed by atoms with Crippen LogP contribution in [-0.4, -0.2) is 41.3 Å². The molecule has 0 bridgehead atoms. The summed E-state index contributed by atoms with van der Waals surface area (Å²) in [6.07, 6.45) is 3.72. The minimum atomic E-state index is 0.618. The molecule has 1 aromatic heterocycles. The van der Waals surface area contributed by atoms with Crippen LogP contribution in [0.1, 0.15) is 36.1 Å². The topological polar surface area (TPSA) is 64.8 Å². The lowest BCUT2D eigenvalue weighted by Gasteiger charge is -2.15. The van der Waals surface area contributed by atoms with Crippen molar-refractivity contribution in [1.29, 1.82) is 5.26 Å². The number of rotatable bonds is 5. The molecule has 0 aromatic carbocycles. The number of anilines is 1. The number of aryl methyl sites for hydroxylation is 1. The fraction of sp³-hybridized carbons (Fsp3) is 0.643. The molecule has 1 saturated heterocycles. The Balaban J connectivity index is 1.85. The highest BCUT2D eigenvalue weighted by molar-refractivity contribution is 5.55. The van der Waals surface area contributed by atoms with E-state index in [0.29, 0.717) is 11.4 Å². The number of likely N-dealkylation sites (tertiary alicyclic amines) is 1. The van der Waals surface area contributed by atoms with Crippen LogP contribution in [-0.2, 0) is 0 Å². The van der Waals surface area contributed by atoms with Gasteiger partial charge in [0.15, 0.2) is 5.82 Å². The number of nitrogens with one attached hydrogen (secondary N) is 1. The summed E-state index contributed by atoms with van der Waals surface area (Å²) in [5.41, 5.74) is 2.35. The smallest absolute Gasteiger partial charge is 0.166 e. The summed E-state index contributed by atoms with van der Waals surface area (Å²) in [4.78, 5) is 2.49. The molecule has 0 saturated carbocycles. The van der Waals surface area contributed by atoms with Gasteiger partial charge in [0, 0.05) is 6.54 Å². The molecular formula is C14H21N5. The maximum atomic E-state index is 9.19. The van der Waals surface area contributed by atoms with Crippen molar-refractivity contribution in [2.75, 3.05) is 31.5 Å². The lowest BCUT2D eigenvalue weighted by atomic mass is 10.1. The molecule has 0 amide bonds. The third kappa shape index (κ3) is 3.42. The number of nitriles is 1. The molecule has 1 aromatic rings. The standard InChI is InChI=1S/C14H21N5/c1-11-12(2)17-18-14(13(11)10-15)16-6-5-9-19-7-3-4-8-19/h3-9H2,1-2H3,(H,16,18). The first-order valence-corrected chi connectivity index (χ1v) is 6.92. The number of nitrogens with zero attached hydrogens (tertiary/aromatic N) is 4. The Bertz CT molecular complexity index is 471. The molecule has 1 aliphatic rings. The van der Waals surface area contributed by atoms with E-state index in [1.54, 1.807) is 0 Å². The van der Waals surface area contributed by atoms with E-state index in [0.717, 1.165) is 30.8 Å². The second-order valence-corrected chi connectivity index (χ2v) is 5.07. The van der Waals surface area contributed by atoms with Crippen LogP contribution in [0.2, 0.25) is 0 Å². The third-order valence-corrected chi connectivity index (χ3v) is 3.71. The van der Waals surface area contributed by atoms with Crippen LogP contribution >= 0.6 is 0 Å². The van der Waals surface area contributed by atoms with E-state index in [-0.39, 0.29) is 0 Å². The Hall–Kier alpha value is -1.67. The fourth-order valence-corrected chi connectivity index (χ4v) is 2.38. The van der Waals surface area contributed by atoms with Crippen molar-refractivity contribution in [1.82, 2.24) is 15.1 Å². The van der Waals surface area contributed by atoms with Crippen LogP contribution in [0, 0.1) is 25.2 Å². The highest BCUT2D eigenvalue weighted by Crippen LogP contribution is 2.17. The zero-order valence-electron chi connectivity index (χ0n) is 11.7. The van der Waals surface area contributed by atoms with E-state index in [4.69, 9.17) is 0 Å². The zero-order chi connectivity index (χ0) is 13.7. The minimum absolute atomic E-state index is 0.618. The number of hydrogen-bond donors (Lipinski definition) is 1. The molecule has 0 aliphatic carbocycles. The van der Waals surface area contributed by atoms with Gasteiger partial charge in [-0.3, -0.25) is 0 Å². The molecule has 0 radical (unpaired) electrons. The highest BCUT2D eigenvalue weighted by Gasteiger charge is 2.12. The summed E-state index contributed by atoms with van der Waals surface area (Å²) in [5, 5.41) is 20.6. The Kier molecular flexibility index (Phi) is 4.69. The fourth-order valence-electron chi connectivity index (χ4n) is 2.38. The molecule has 102 valence electrons. The third-order valence-electron chi connectivity index (χ3n) is 3.71. The van der Waals surface area contributed by atoms with E-state index < -0.39 is 0 Å². The maximum absolute atomic E-state index is 9.19. The van der Waals surface area contributed by atoms with Crippen molar-refractivity contribution in [2.24, 2.45) is 0 Å². The first kappa shape index (κ1) is 13.8. The summed E-state index contributed by atoms with van der Waals surface area (Å²) < 4.78 is 0. The van der Waals surface area contributed by atoms with Gasteiger partial charge in [0.05, 0.1) is 5.69 Å². The van der Waals surface area contributed by atoms with Gasteiger partial charge in [0.25, 0.3) is 0 Å². The van der Waals surface area contributed by atoms with Gasteiger partial charge >= 0.3 is 0 Å². The van der Waals surface area contributed by atoms with Crippen LogP contribution in [0.5, 0.6) is 0 Å². The van der Waals surface area contributed by atoms with Crippen molar-refractivity contribution in [3.05, 3.63) is 16.8 Å². The van der Waals surface area contributed by atoms with Crippen molar-refractivity contribution in [2.45, 2.75) is 33.1 Å². The zero-order valence-corrected chi connectivity index (χ0v) is 11.7. The van der Waals surface area contributed by atoms with Crippen LogP contribution in [0.15, 0.2) is 0 Å².